The molecule has 0 heterocycles. The van der Waals surface area contributed by atoms with Crippen molar-refractivity contribution in [1.29, 1.82) is 0 Å². The molecule has 0 spiro atoms. The van der Waals surface area contributed by atoms with Crippen molar-refractivity contribution in [2.24, 2.45) is 5.73 Å². The second kappa shape index (κ2) is 3.99. The van der Waals surface area contributed by atoms with E-state index in [0.717, 1.165) is 22.9 Å². The van der Waals surface area contributed by atoms with Crippen LogP contribution in [0.4, 0.5) is 4.39 Å². The lowest BCUT2D eigenvalue weighted by Gasteiger charge is -2.17. The molecular formula is C11H13BrFN. The molecule has 1 saturated carbocycles. The lowest BCUT2D eigenvalue weighted by atomic mass is 9.95. The summed E-state index contributed by atoms with van der Waals surface area (Å²) in [7, 11) is 0. The van der Waals surface area contributed by atoms with Crippen molar-refractivity contribution in [3.8, 4) is 0 Å². The summed E-state index contributed by atoms with van der Waals surface area (Å²) >= 11 is 3.39. The van der Waals surface area contributed by atoms with E-state index in [9.17, 15) is 4.39 Å². The molecule has 2 rings (SSSR count). The molecule has 14 heavy (non-hydrogen) atoms. The summed E-state index contributed by atoms with van der Waals surface area (Å²) in [4.78, 5) is 0. The van der Waals surface area contributed by atoms with Crippen molar-refractivity contribution in [2.75, 3.05) is 0 Å². The summed E-state index contributed by atoms with van der Waals surface area (Å²) in [6, 6.07) is 5.09. The normalized spacial score (nSPS) is 26.8. The molecule has 0 aromatic heterocycles. The largest absolute Gasteiger partial charge is 0.327 e. The molecule has 0 amide bonds. The van der Waals surface area contributed by atoms with E-state index >= 15 is 0 Å². The zero-order valence-electron chi connectivity index (χ0n) is 7.84. The van der Waals surface area contributed by atoms with Gasteiger partial charge in [-0.25, -0.2) is 4.39 Å². The molecule has 1 aliphatic carbocycles. The molecule has 1 aliphatic rings. The van der Waals surface area contributed by atoms with Gasteiger partial charge in [-0.3, -0.25) is 0 Å². The van der Waals surface area contributed by atoms with Gasteiger partial charge in [-0.05, 0) is 30.5 Å². The first kappa shape index (κ1) is 10.1. The average Bonchev–Trinajstić information content (AvgIpc) is 2.52. The third kappa shape index (κ3) is 1.84. The van der Waals surface area contributed by atoms with E-state index in [0.29, 0.717) is 5.92 Å². The van der Waals surface area contributed by atoms with Crippen molar-refractivity contribution in [3.05, 3.63) is 34.1 Å². The Morgan fingerprint density at radius 2 is 2.14 bits per heavy atom. The molecule has 1 aromatic carbocycles. The van der Waals surface area contributed by atoms with Crippen LogP contribution in [0.2, 0.25) is 0 Å². The number of halogens is 2. The topological polar surface area (TPSA) is 26.0 Å². The number of nitrogens with two attached hydrogens (primary N) is 1. The van der Waals surface area contributed by atoms with Gasteiger partial charge in [0.15, 0.2) is 0 Å². The summed E-state index contributed by atoms with van der Waals surface area (Å²) < 4.78 is 13.7. The molecule has 2 N–H and O–H groups in total. The first-order valence-electron chi connectivity index (χ1n) is 4.89. The fraction of sp³-hybridized carbons (Fsp3) is 0.455. The molecule has 0 bridgehead atoms. The highest BCUT2D eigenvalue weighted by Gasteiger charge is 2.26. The molecule has 2 unspecified atom stereocenters. The van der Waals surface area contributed by atoms with Crippen molar-refractivity contribution < 1.29 is 4.39 Å². The fourth-order valence-corrected chi connectivity index (χ4v) is 2.82. The highest BCUT2D eigenvalue weighted by molar-refractivity contribution is 9.10. The molecular weight excluding hydrogens is 245 g/mol. The quantitative estimate of drug-likeness (QED) is 0.822. The highest BCUT2D eigenvalue weighted by atomic mass is 79.9. The Morgan fingerprint density at radius 1 is 1.36 bits per heavy atom. The summed E-state index contributed by atoms with van der Waals surface area (Å²) in [6.45, 7) is 0. The molecule has 1 aromatic rings. The molecule has 0 aliphatic heterocycles. The minimum atomic E-state index is -0.202. The minimum Gasteiger partial charge on any atom is -0.327 e. The van der Waals surface area contributed by atoms with Gasteiger partial charge in [0.25, 0.3) is 0 Å². The molecule has 3 heteroatoms. The van der Waals surface area contributed by atoms with Gasteiger partial charge in [-0.15, -0.1) is 0 Å². The zero-order valence-corrected chi connectivity index (χ0v) is 9.43. The van der Waals surface area contributed by atoms with Gasteiger partial charge < -0.3 is 5.73 Å². The second-order valence-corrected chi connectivity index (χ2v) is 4.72. The van der Waals surface area contributed by atoms with Crippen LogP contribution in [0.1, 0.15) is 30.7 Å². The van der Waals surface area contributed by atoms with Crippen LogP contribution < -0.4 is 5.73 Å². The Kier molecular flexibility index (Phi) is 2.88. The zero-order chi connectivity index (χ0) is 10.1. The molecule has 0 saturated heterocycles. The average molecular weight is 258 g/mol. The lowest BCUT2D eigenvalue weighted by Crippen LogP contribution is -2.22. The maximum absolute atomic E-state index is 12.9. The first-order valence-corrected chi connectivity index (χ1v) is 5.68. The van der Waals surface area contributed by atoms with Gasteiger partial charge >= 0.3 is 0 Å². The van der Waals surface area contributed by atoms with Gasteiger partial charge in [0, 0.05) is 16.4 Å². The highest BCUT2D eigenvalue weighted by Crippen LogP contribution is 2.37. The summed E-state index contributed by atoms with van der Waals surface area (Å²) in [5.41, 5.74) is 7.15. The molecule has 76 valence electrons. The summed E-state index contributed by atoms with van der Waals surface area (Å²) in [5, 5.41) is 0. The predicted molar refractivity (Wildman–Crippen MR) is 58.7 cm³/mol. The van der Waals surface area contributed by atoms with Gasteiger partial charge in [0.1, 0.15) is 5.82 Å². The van der Waals surface area contributed by atoms with E-state index in [1.165, 1.54) is 18.6 Å². The maximum atomic E-state index is 12.9. The van der Waals surface area contributed by atoms with E-state index in [4.69, 9.17) is 5.73 Å². The van der Waals surface area contributed by atoms with Crippen LogP contribution in [0, 0.1) is 5.82 Å². The monoisotopic (exact) mass is 257 g/mol. The Hall–Kier alpha value is -0.410. The van der Waals surface area contributed by atoms with Gasteiger partial charge in [-0.1, -0.05) is 28.4 Å². The van der Waals surface area contributed by atoms with Crippen LogP contribution in [0.3, 0.4) is 0 Å². The van der Waals surface area contributed by atoms with Crippen molar-refractivity contribution in [2.45, 2.75) is 31.2 Å². The summed E-state index contributed by atoms with van der Waals surface area (Å²) in [5.74, 6) is 0.192. The lowest BCUT2D eigenvalue weighted by molar-refractivity contribution is 0.600. The molecule has 1 fully saturated rings. The third-order valence-electron chi connectivity index (χ3n) is 2.93. The number of rotatable bonds is 1. The van der Waals surface area contributed by atoms with E-state index in [1.54, 1.807) is 0 Å². The summed E-state index contributed by atoms with van der Waals surface area (Å²) in [6.07, 6.45) is 3.37. The van der Waals surface area contributed by atoms with E-state index < -0.39 is 0 Å². The van der Waals surface area contributed by atoms with Crippen LogP contribution in [-0.2, 0) is 0 Å². The van der Waals surface area contributed by atoms with Crippen molar-refractivity contribution >= 4 is 15.9 Å². The third-order valence-corrected chi connectivity index (χ3v) is 3.62. The predicted octanol–water partition coefficient (Wildman–Crippen LogP) is 3.18. The molecule has 0 radical (unpaired) electrons. The van der Waals surface area contributed by atoms with E-state index in [1.807, 2.05) is 6.07 Å². The van der Waals surface area contributed by atoms with Crippen LogP contribution in [0.5, 0.6) is 0 Å². The Balaban J connectivity index is 2.31. The number of hydrogen-bond donors (Lipinski definition) is 1. The molecule has 2 atom stereocenters. The minimum absolute atomic E-state index is 0.202. The van der Waals surface area contributed by atoms with Crippen molar-refractivity contribution in [3.63, 3.8) is 0 Å². The SMILES string of the molecule is NC1CCCC1c1ccc(F)cc1Br. The number of hydrogen-bond acceptors (Lipinski definition) is 1. The van der Waals surface area contributed by atoms with Gasteiger partial charge in [0.2, 0.25) is 0 Å². The van der Waals surface area contributed by atoms with Crippen LogP contribution in [-0.4, -0.2) is 6.04 Å². The Bertz CT molecular complexity index is 340. The van der Waals surface area contributed by atoms with Crippen LogP contribution in [0.15, 0.2) is 22.7 Å². The second-order valence-electron chi connectivity index (χ2n) is 3.87. The Morgan fingerprint density at radius 3 is 2.71 bits per heavy atom. The van der Waals surface area contributed by atoms with Gasteiger partial charge in [0.05, 0.1) is 0 Å². The smallest absolute Gasteiger partial charge is 0.124 e. The van der Waals surface area contributed by atoms with E-state index in [2.05, 4.69) is 15.9 Å². The van der Waals surface area contributed by atoms with Crippen molar-refractivity contribution in [1.82, 2.24) is 0 Å². The maximum Gasteiger partial charge on any atom is 0.124 e. The van der Waals surface area contributed by atoms with Crippen LogP contribution in [0.25, 0.3) is 0 Å². The first-order chi connectivity index (χ1) is 6.68. The van der Waals surface area contributed by atoms with E-state index in [-0.39, 0.29) is 11.9 Å². The molecule has 1 nitrogen and oxygen atoms in total. The Labute approximate surface area is 91.6 Å². The number of benzene rings is 1. The van der Waals surface area contributed by atoms with Crippen LogP contribution >= 0.6 is 15.9 Å². The standard InChI is InChI=1S/C11H13BrFN/c12-10-6-7(13)4-5-8(10)9-2-1-3-11(9)14/h4-6,9,11H,1-3,14H2. The van der Waals surface area contributed by atoms with Gasteiger partial charge in [-0.2, -0.15) is 0 Å². The fourth-order valence-electron chi connectivity index (χ4n) is 2.18.